The minimum Gasteiger partial charge on any atom is -0.408 e. The number of carbonyl (C=O) groups excluding carboxylic acids is 1. The minimum atomic E-state index is -0.514. The molecule has 1 amide bonds. The van der Waals surface area contributed by atoms with E-state index in [1.54, 1.807) is 18.2 Å². The molecule has 3 rings (SSSR count). The number of fused-ring (bicyclic) bond motifs is 1. The highest BCUT2D eigenvalue weighted by Gasteiger charge is 2.28. The largest absolute Gasteiger partial charge is 0.417 e. The van der Waals surface area contributed by atoms with Crippen molar-refractivity contribution < 1.29 is 13.9 Å². The SMILES string of the molecule is C[C@H]1OCCN[C@@H]1C(=O)Nc1ccc2oc(=O)[nH]c2c1. The van der Waals surface area contributed by atoms with E-state index in [1.165, 1.54) is 0 Å². The zero-order valence-corrected chi connectivity index (χ0v) is 10.9. The number of oxazole rings is 1. The first kappa shape index (κ1) is 12.9. The molecule has 2 atom stereocenters. The monoisotopic (exact) mass is 277 g/mol. The molecular weight excluding hydrogens is 262 g/mol. The van der Waals surface area contributed by atoms with E-state index in [0.29, 0.717) is 29.9 Å². The fourth-order valence-electron chi connectivity index (χ4n) is 2.28. The van der Waals surface area contributed by atoms with Gasteiger partial charge in [0.1, 0.15) is 6.04 Å². The van der Waals surface area contributed by atoms with Crippen molar-refractivity contribution in [3.05, 3.63) is 28.7 Å². The first-order chi connectivity index (χ1) is 9.63. The maximum atomic E-state index is 12.2. The van der Waals surface area contributed by atoms with Gasteiger partial charge in [0, 0.05) is 12.2 Å². The fraction of sp³-hybridized carbons (Fsp3) is 0.385. The van der Waals surface area contributed by atoms with E-state index in [2.05, 4.69) is 15.6 Å². The predicted molar refractivity (Wildman–Crippen MR) is 72.7 cm³/mol. The van der Waals surface area contributed by atoms with Gasteiger partial charge in [-0.15, -0.1) is 0 Å². The van der Waals surface area contributed by atoms with Crippen molar-refractivity contribution in [2.45, 2.75) is 19.1 Å². The Balaban J connectivity index is 1.78. The van der Waals surface area contributed by atoms with Gasteiger partial charge in [-0.3, -0.25) is 9.78 Å². The quantitative estimate of drug-likeness (QED) is 0.740. The van der Waals surface area contributed by atoms with Gasteiger partial charge in [-0.25, -0.2) is 4.79 Å². The second-order valence-corrected chi connectivity index (χ2v) is 4.72. The molecule has 1 aliphatic heterocycles. The lowest BCUT2D eigenvalue weighted by Gasteiger charge is -2.29. The molecule has 0 bridgehead atoms. The van der Waals surface area contributed by atoms with Gasteiger partial charge in [0.15, 0.2) is 5.58 Å². The van der Waals surface area contributed by atoms with Crippen LogP contribution in [-0.4, -0.2) is 36.2 Å². The summed E-state index contributed by atoms with van der Waals surface area (Å²) >= 11 is 0. The van der Waals surface area contributed by atoms with Crippen molar-refractivity contribution in [1.29, 1.82) is 0 Å². The Morgan fingerprint density at radius 3 is 3.10 bits per heavy atom. The average molecular weight is 277 g/mol. The summed E-state index contributed by atoms with van der Waals surface area (Å²) in [6, 6.07) is 4.59. The van der Waals surface area contributed by atoms with Gasteiger partial charge in [-0.1, -0.05) is 0 Å². The summed E-state index contributed by atoms with van der Waals surface area (Å²) in [4.78, 5) is 25.8. The number of ether oxygens (including phenoxy) is 1. The van der Waals surface area contributed by atoms with E-state index in [1.807, 2.05) is 6.92 Å². The van der Waals surface area contributed by atoms with Crippen LogP contribution in [0.4, 0.5) is 5.69 Å². The number of morpholine rings is 1. The number of hydrogen-bond acceptors (Lipinski definition) is 5. The second kappa shape index (κ2) is 5.10. The summed E-state index contributed by atoms with van der Waals surface area (Å²) in [5, 5.41) is 5.92. The van der Waals surface area contributed by atoms with E-state index < -0.39 is 5.76 Å². The number of anilines is 1. The number of H-pyrrole nitrogens is 1. The first-order valence-corrected chi connectivity index (χ1v) is 6.42. The fourth-order valence-corrected chi connectivity index (χ4v) is 2.28. The van der Waals surface area contributed by atoms with Gasteiger partial charge in [0.05, 0.1) is 18.2 Å². The maximum absolute atomic E-state index is 12.2. The number of benzene rings is 1. The summed E-state index contributed by atoms with van der Waals surface area (Å²) in [7, 11) is 0. The molecule has 1 aromatic carbocycles. The van der Waals surface area contributed by atoms with Crippen molar-refractivity contribution in [3.63, 3.8) is 0 Å². The van der Waals surface area contributed by atoms with E-state index >= 15 is 0 Å². The summed E-state index contributed by atoms with van der Waals surface area (Å²) in [6.07, 6.45) is -0.179. The van der Waals surface area contributed by atoms with Crippen molar-refractivity contribution in [1.82, 2.24) is 10.3 Å². The zero-order valence-electron chi connectivity index (χ0n) is 10.9. The van der Waals surface area contributed by atoms with Crippen LogP contribution in [0.1, 0.15) is 6.92 Å². The molecule has 106 valence electrons. The number of hydrogen-bond donors (Lipinski definition) is 3. The normalized spacial score (nSPS) is 22.9. The standard InChI is InChI=1S/C13H15N3O4/c1-7-11(14-4-5-19-7)12(17)15-8-2-3-10-9(6-8)16-13(18)20-10/h2-3,6-7,11,14H,4-5H2,1H3,(H,15,17)(H,16,18)/t7-,11+/m1/s1. The van der Waals surface area contributed by atoms with E-state index in [9.17, 15) is 9.59 Å². The van der Waals surface area contributed by atoms with Crippen LogP contribution in [-0.2, 0) is 9.53 Å². The number of carbonyl (C=O) groups is 1. The van der Waals surface area contributed by atoms with E-state index in [-0.39, 0.29) is 18.1 Å². The smallest absolute Gasteiger partial charge is 0.408 e. The molecule has 1 aromatic heterocycles. The Bertz CT molecular complexity index is 690. The summed E-state index contributed by atoms with van der Waals surface area (Å²) < 4.78 is 10.3. The van der Waals surface area contributed by atoms with Gasteiger partial charge >= 0.3 is 5.76 Å². The topological polar surface area (TPSA) is 96.4 Å². The van der Waals surface area contributed by atoms with Crippen LogP contribution >= 0.6 is 0 Å². The Morgan fingerprint density at radius 2 is 2.30 bits per heavy atom. The van der Waals surface area contributed by atoms with Gasteiger partial charge in [-0.05, 0) is 25.1 Å². The highest BCUT2D eigenvalue weighted by atomic mass is 16.5. The van der Waals surface area contributed by atoms with Crippen LogP contribution in [0.25, 0.3) is 11.1 Å². The van der Waals surface area contributed by atoms with Crippen molar-refractivity contribution >= 4 is 22.7 Å². The number of amides is 1. The zero-order chi connectivity index (χ0) is 14.1. The minimum absolute atomic E-state index is 0.164. The molecule has 0 unspecified atom stereocenters. The van der Waals surface area contributed by atoms with E-state index in [0.717, 1.165) is 0 Å². The van der Waals surface area contributed by atoms with Crippen LogP contribution in [0.15, 0.2) is 27.4 Å². The van der Waals surface area contributed by atoms with Crippen molar-refractivity contribution in [2.24, 2.45) is 0 Å². The highest BCUT2D eigenvalue weighted by molar-refractivity contribution is 5.96. The number of aromatic nitrogens is 1. The Morgan fingerprint density at radius 1 is 1.45 bits per heavy atom. The first-order valence-electron chi connectivity index (χ1n) is 6.42. The molecule has 0 saturated carbocycles. The molecule has 7 heteroatoms. The van der Waals surface area contributed by atoms with Crippen molar-refractivity contribution in [3.8, 4) is 0 Å². The number of rotatable bonds is 2. The van der Waals surface area contributed by atoms with Crippen LogP contribution in [0.5, 0.6) is 0 Å². The van der Waals surface area contributed by atoms with Crippen molar-refractivity contribution in [2.75, 3.05) is 18.5 Å². The van der Waals surface area contributed by atoms with Gasteiger partial charge in [0.2, 0.25) is 5.91 Å². The molecule has 1 aliphatic rings. The Kier molecular flexibility index (Phi) is 3.29. The molecule has 0 aliphatic carbocycles. The van der Waals surface area contributed by atoms with E-state index in [4.69, 9.17) is 9.15 Å². The lowest BCUT2D eigenvalue weighted by atomic mass is 10.1. The summed E-state index contributed by atoms with van der Waals surface area (Å²) in [5.74, 6) is -0.679. The van der Waals surface area contributed by atoms with Gasteiger partial charge < -0.3 is 19.8 Å². The Hall–Kier alpha value is -2.12. The summed E-state index contributed by atoms with van der Waals surface area (Å²) in [5.41, 5.74) is 1.60. The third-order valence-electron chi connectivity index (χ3n) is 3.29. The average Bonchev–Trinajstić information content (AvgIpc) is 2.78. The molecule has 2 heterocycles. The van der Waals surface area contributed by atoms with Gasteiger partial charge in [-0.2, -0.15) is 0 Å². The molecule has 0 spiro atoms. The number of aromatic amines is 1. The molecule has 1 saturated heterocycles. The second-order valence-electron chi connectivity index (χ2n) is 4.72. The molecule has 3 N–H and O–H groups in total. The van der Waals surface area contributed by atoms with Crippen LogP contribution < -0.4 is 16.4 Å². The molecule has 7 nitrogen and oxygen atoms in total. The van der Waals surface area contributed by atoms with Gasteiger partial charge in [0.25, 0.3) is 0 Å². The van der Waals surface area contributed by atoms with Crippen LogP contribution in [0, 0.1) is 0 Å². The molecule has 20 heavy (non-hydrogen) atoms. The highest BCUT2D eigenvalue weighted by Crippen LogP contribution is 2.17. The third kappa shape index (κ3) is 2.45. The molecular formula is C13H15N3O4. The lowest BCUT2D eigenvalue weighted by Crippen LogP contribution is -2.53. The maximum Gasteiger partial charge on any atom is 0.417 e. The molecule has 1 fully saturated rings. The van der Waals surface area contributed by atoms with Crippen LogP contribution in [0.2, 0.25) is 0 Å². The molecule has 0 radical (unpaired) electrons. The number of nitrogens with one attached hydrogen (secondary N) is 3. The predicted octanol–water partition coefficient (Wildman–Crippen LogP) is 0.436. The summed E-state index contributed by atoms with van der Waals surface area (Å²) in [6.45, 7) is 3.11. The lowest BCUT2D eigenvalue weighted by molar-refractivity contribution is -0.123. The third-order valence-corrected chi connectivity index (χ3v) is 3.29. The Labute approximate surface area is 114 Å². The molecule has 2 aromatic rings. The van der Waals surface area contributed by atoms with Crippen LogP contribution in [0.3, 0.4) is 0 Å².